The van der Waals surface area contributed by atoms with Crippen LogP contribution in [0.3, 0.4) is 0 Å². The number of benzene rings is 1. The molecule has 1 atom stereocenters. The highest BCUT2D eigenvalue weighted by Gasteiger charge is 2.28. The van der Waals surface area contributed by atoms with E-state index in [0.29, 0.717) is 12.6 Å². The van der Waals surface area contributed by atoms with E-state index in [2.05, 4.69) is 22.3 Å². The summed E-state index contributed by atoms with van der Waals surface area (Å²) in [7, 11) is 0. The molecule has 1 heterocycles. The Hall–Kier alpha value is -0.770. The van der Waals surface area contributed by atoms with Crippen LogP contribution in [0.4, 0.5) is 5.69 Å². The number of rotatable bonds is 4. The molecule has 0 aromatic heterocycles. The Kier molecular flexibility index (Phi) is 3.93. The van der Waals surface area contributed by atoms with Crippen molar-refractivity contribution in [3.8, 4) is 0 Å². The predicted molar refractivity (Wildman–Crippen MR) is 83.4 cm³/mol. The molecule has 1 aliphatic carbocycles. The fourth-order valence-electron chi connectivity index (χ4n) is 2.86. The summed E-state index contributed by atoms with van der Waals surface area (Å²) in [6.45, 7) is 4.44. The molecule has 3 nitrogen and oxygen atoms in total. The van der Waals surface area contributed by atoms with Crippen LogP contribution in [-0.2, 0) is 6.54 Å². The second-order valence-electron chi connectivity index (χ2n) is 6.45. The van der Waals surface area contributed by atoms with Crippen LogP contribution in [0.1, 0.15) is 38.2 Å². The average Bonchev–Trinajstić information content (AvgIpc) is 3.20. The van der Waals surface area contributed by atoms with Gasteiger partial charge in [-0.3, -0.25) is 0 Å². The zero-order valence-electron chi connectivity index (χ0n) is 12.0. The second-order valence-corrected chi connectivity index (χ2v) is 6.86. The summed E-state index contributed by atoms with van der Waals surface area (Å²) >= 11 is 6.39. The van der Waals surface area contributed by atoms with Crippen molar-refractivity contribution >= 4 is 17.3 Å². The van der Waals surface area contributed by atoms with Gasteiger partial charge >= 0.3 is 0 Å². The largest absolute Gasteiger partial charge is 0.388 e. The Labute approximate surface area is 125 Å². The molecule has 1 saturated heterocycles. The van der Waals surface area contributed by atoms with E-state index >= 15 is 0 Å². The molecular formula is C16H23ClN2O. The van der Waals surface area contributed by atoms with E-state index in [-0.39, 0.29) is 0 Å². The molecule has 1 saturated carbocycles. The first kappa shape index (κ1) is 14.2. The maximum Gasteiger partial charge on any atom is 0.0794 e. The highest BCUT2D eigenvalue weighted by molar-refractivity contribution is 6.31. The maximum atomic E-state index is 10.2. The highest BCUT2D eigenvalue weighted by atomic mass is 35.5. The number of nitrogens with one attached hydrogen (secondary N) is 1. The van der Waals surface area contributed by atoms with Gasteiger partial charge in [0, 0.05) is 36.4 Å². The number of hydrogen-bond donors (Lipinski definition) is 2. The molecule has 1 unspecified atom stereocenters. The van der Waals surface area contributed by atoms with E-state index < -0.39 is 5.60 Å². The third kappa shape index (κ3) is 3.46. The van der Waals surface area contributed by atoms with Crippen LogP contribution in [0, 0.1) is 0 Å². The molecule has 4 heteroatoms. The molecule has 1 aromatic carbocycles. The zero-order valence-corrected chi connectivity index (χ0v) is 12.8. The molecule has 2 aliphatic rings. The van der Waals surface area contributed by atoms with Crippen molar-refractivity contribution in [2.24, 2.45) is 0 Å². The standard InChI is InChI=1S/C16H23ClN2O/c1-16(20)7-2-8-19(11-16)14-6-3-12(15(17)9-14)10-18-13-4-5-13/h3,6,9,13,18,20H,2,4-5,7-8,10-11H2,1H3. The van der Waals surface area contributed by atoms with E-state index in [4.69, 9.17) is 11.6 Å². The highest BCUT2D eigenvalue weighted by Crippen LogP contribution is 2.29. The van der Waals surface area contributed by atoms with Crippen LogP contribution >= 0.6 is 11.6 Å². The van der Waals surface area contributed by atoms with Gasteiger partial charge in [-0.05, 0) is 50.3 Å². The molecule has 110 valence electrons. The van der Waals surface area contributed by atoms with E-state index in [0.717, 1.165) is 42.2 Å². The second kappa shape index (κ2) is 5.55. The van der Waals surface area contributed by atoms with Crippen LogP contribution in [0.2, 0.25) is 5.02 Å². The molecule has 1 aromatic rings. The molecule has 0 radical (unpaired) electrons. The Morgan fingerprint density at radius 1 is 1.45 bits per heavy atom. The molecular weight excluding hydrogens is 272 g/mol. The summed E-state index contributed by atoms with van der Waals surface area (Å²) in [4.78, 5) is 2.23. The Balaban J connectivity index is 1.68. The van der Waals surface area contributed by atoms with Gasteiger partial charge in [-0.25, -0.2) is 0 Å². The third-order valence-electron chi connectivity index (χ3n) is 4.24. The molecule has 2 fully saturated rings. The van der Waals surface area contributed by atoms with Crippen molar-refractivity contribution in [2.75, 3.05) is 18.0 Å². The zero-order chi connectivity index (χ0) is 14.2. The van der Waals surface area contributed by atoms with Crippen molar-refractivity contribution in [1.82, 2.24) is 5.32 Å². The summed E-state index contributed by atoms with van der Waals surface area (Å²) in [5.74, 6) is 0. The van der Waals surface area contributed by atoms with Gasteiger partial charge in [0.1, 0.15) is 0 Å². The van der Waals surface area contributed by atoms with Crippen molar-refractivity contribution in [3.05, 3.63) is 28.8 Å². The Morgan fingerprint density at radius 3 is 2.90 bits per heavy atom. The van der Waals surface area contributed by atoms with Gasteiger partial charge in [0.25, 0.3) is 0 Å². The topological polar surface area (TPSA) is 35.5 Å². The third-order valence-corrected chi connectivity index (χ3v) is 4.59. The van der Waals surface area contributed by atoms with Crippen molar-refractivity contribution in [1.29, 1.82) is 0 Å². The minimum Gasteiger partial charge on any atom is -0.388 e. The number of hydrogen-bond acceptors (Lipinski definition) is 3. The normalized spacial score (nSPS) is 26.9. The molecule has 2 N–H and O–H groups in total. The maximum absolute atomic E-state index is 10.2. The number of halogens is 1. The van der Waals surface area contributed by atoms with E-state index in [1.54, 1.807) is 0 Å². The van der Waals surface area contributed by atoms with Gasteiger partial charge in [-0.1, -0.05) is 17.7 Å². The number of anilines is 1. The van der Waals surface area contributed by atoms with E-state index in [1.165, 1.54) is 12.8 Å². The molecule has 0 amide bonds. The van der Waals surface area contributed by atoms with E-state index in [9.17, 15) is 5.11 Å². The summed E-state index contributed by atoms with van der Waals surface area (Å²) < 4.78 is 0. The van der Waals surface area contributed by atoms with Gasteiger partial charge in [0.15, 0.2) is 0 Å². The van der Waals surface area contributed by atoms with Gasteiger partial charge < -0.3 is 15.3 Å². The summed E-state index contributed by atoms with van der Waals surface area (Å²) in [6, 6.07) is 6.96. The number of piperidine rings is 1. The summed E-state index contributed by atoms with van der Waals surface area (Å²) in [5.41, 5.74) is 1.69. The molecule has 1 aliphatic heterocycles. The SMILES string of the molecule is CC1(O)CCCN(c2ccc(CNC3CC3)c(Cl)c2)C1. The van der Waals surface area contributed by atoms with Crippen LogP contribution in [0.25, 0.3) is 0 Å². The molecule has 3 rings (SSSR count). The van der Waals surface area contributed by atoms with Crippen molar-refractivity contribution in [3.63, 3.8) is 0 Å². The minimum absolute atomic E-state index is 0.586. The van der Waals surface area contributed by atoms with Gasteiger partial charge in [0.05, 0.1) is 5.60 Å². The molecule has 0 bridgehead atoms. The van der Waals surface area contributed by atoms with E-state index in [1.807, 2.05) is 13.0 Å². The summed E-state index contributed by atoms with van der Waals surface area (Å²) in [5, 5.41) is 14.5. The lowest BCUT2D eigenvalue weighted by atomic mass is 9.94. The smallest absolute Gasteiger partial charge is 0.0794 e. The first-order valence-electron chi connectivity index (χ1n) is 7.53. The summed E-state index contributed by atoms with van der Waals surface area (Å²) in [6.07, 6.45) is 4.48. The number of β-amino-alcohol motifs (C(OH)–C–C–N with tert-alkyl or cyclic N) is 1. The fourth-order valence-corrected chi connectivity index (χ4v) is 3.10. The van der Waals surface area contributed by atoms with Crippen LogP contribution < -0.4 is 10.2 Å². The lowest BCUT2D eigenvalue weighted by Crippen LogP contribution is -2.46. The lowest BCUT2D eigenvalue weighted by molar-refractivity contribution is 0.0449. The molecule has 0 spiro atoms. The monoisotopic (exact) mass is 294 g/mol. The quantitative estimate of drug-likeness (QED) is 0.896. The Morgan fingerprint density at radius 2 is 2.25 bits per heavy atom. The van der Waals surface area contributed by atoms with Crippen molar-refractivity contribution < 1.29 is 5.11 Å². The van der Waals surface area contributed by atoms with Gasteiger partial charge in [0.2, 0.25) is 0 Å². The first-order valence-corrected chi connectivity index (χ1v) is 7.90. The average molecular weight is 295 g/mol. The first-order chi connectivity index (χ1) is 9.53. The fraction of sp³-hybridized carbons (Fsp3) is 0.625. The van der Waals surface area contributed by atoms with Crippen LogP contribution in [-0.4, -0.2) is 29.8 Å². The molecule has 20 heavy (non-hydrogen) atoms. The Bertz CT molecular complexity index is 485. The van der Waals surface area contributed by atoms with Crippen LogP contribution in [0.15, 0.2) is 18.2 Å². The van der Waals surface area contributed by atoms with Gasteiger partial charge in [-0.2, -0.15) is 0 Å². The minimum atomic E-state index is -0.586. The number of aliphatic hydroxyl groups is 1. The number of nitrogens with zero attached hydrogens (tertiary/aromatic N) is 1. The van der Waals surface area contributed by atoms with Gasteiger partial charge in [-0.15, -0.1) is 0 Å². The van der Waals surface area contributed by atoms with Crippen LogP contribution in [0.5, 0.6) is 0 Å². The lowest BCUT2D eigenvalue weighted by Gasteiger charge is -2.38. The van der Waals surface area contributed by atoms with Crippen molar-refractivity contribution in [2.45, 2.75) is 50.8 Å². The predicted octanol–water partition coefficient (Wildman–Crippen LogP) is 2.94.